The molecule has 0 saturated heterocycles. The molecule has 0 aromatic rings. The Hall–Kier alpha value is -2.55. The van der Waals surface area contributed by atoms with Crippen LogP contribution in [0.15, 0.2) is 72.9 Å². The SMILES string of the molecule is CCC=CCC=CCC=CCC=CCC=CCCCC(=O)OC(COC(=O)CCCCCCCCCC=CCCCCCC)COP(=O)(O)OCCN. The molecule has 0 amide bonds. The minimum atomic E-state index is -4.39. The van der Waals surface area contributed by atoms with Gasteiger partial charge in [0.05, 0.1) is 13.2 Å². The Morgan fingerprint density at radius 1 is 0.585 bits per heavy atom. The molecular weight excluding hydrogens is 689 g/mol. The molecule has 0 aromatic heterocycles. The maximum Gasteiger partial charge on any atom is 0.472 e. The fourth-order valence-corrected chi connectivity index (χ4v) is 5.84. The molecule has 3 N–H and O–H groups in total. The molecule has 304 valence electrons. The predicted molar refractivity (Wildman–Crippen MR) is 219 cm³/mol. The first-order chi connectivity index (χ1) is 25.8. The lowest BCUT2D eigenvalue weighted by Crippen LogP contribution is -2.29. The molecule has 10 heteroatoms. The largest absolute Gasteiger partial charge is 0.472 e. The molecule has 0 aliphatic rings. The second kappa shape index (κ2) is 39.2. The zero-order valence-electron chi connectivity index (χ0n) is 33.2. The van der Waals surface area contributed by atoms with Gasteiger partial charge >= 0.3 is 19.8 Å². The van der Waals surface area contributed by atoms with E-state index in [-0.39, 0.29) is 32.6 Å². The number of carbonyl (C=O) groups excluding carboxylic acids is 2. The van der Waals surface area contributed by atoms with Crippen LogP contribution in [0.5, 0.6) is 0 Å². The molecule has 0 radical (unpaired) electrons. The van der Waals surface area contributed by atoms with Crippen molar-refractivity contribution >= 4 is 19.8 Å². The number of hydrogen-bond acceptors (Lipinski definition) is 8. The third kappa shape index (κ3) is 39.0. The van der Waals surface area contributed by atoms with Crippen LogP contribution in [0.4, 0.5) is 0 Å². The maximum atomic E-state index is 12.5. The fourth-order valence-electron chi connectivity index (χ4n) is 5.07. The number of nitrogens with two attached hydrogens (primary N) is 1. The van der Waals surface area contributed by atoms with Gasteiger partial charge in [0.25, 0.3) is 0 Å². The fraction of sp³-hybridized carbons (Fsp3) is 0.674. The van der Waals surface area contributed by atoms with Crippen molar-refractivity contribution in [2.24, 2.45) is 5.73 Å². The number of carbonyl (C=O) groups is 2. The summed E-state index contributed by atoms with van der Waals surface area (Å²) in [4.78, 5) is 34.8. The smallest absolute Gasteiger partial charge is 0.462 e. The Bertz CT molecular complexity index is 1100. The summed E-state index contributed by atoms with van der Waals surface area (Å²) in [6.07, 6.45) is 46.5. The van der Waals surface area contributed by atoms with Crippen LogP contribution in [-0.2, 0) is 32.7 Å². The van der Waals surface area contributed by atoms with E-state index in [0.29, 0.717) is 12.8 Å². The summed E-state index contributed by atoms with van der Waals surface area (Å²) >= 11 is 0. The van der Waals surface area contributed by atoms with E-state index in [1.807, 2.05) is 6.08 Å². The first-order valence-corrected chi connectivity index (χ1v) is 21.9. The summed E-state index contributed by atoms with van der Waals surface area (Å²) < 4.78 is 32.6. The van der Waals surface area contributed by atoms with Crippen molar-refractivity contribution in [1.29, 1.82) is 0 Å². The molecule has 2 unspecified atom stereocenters. The van der Waals surface area contributed by atoms with E-state index in [9.17, 15) is 19.0 Å². The van der Waals surface area contributed by atoms with E-state index in [1.165, 1.54) is 51.4 Å². The third-order valence-electron chi connectivity index (χ3n) is 8.08. The first-order valence-electron chi connectivity index (χ1n) is 20.4. The lowest BCUT2D eigenvalue weighted by atomic mass is 10.1. The van der Waals surface area contributed by atoms with Gasteiger partial charge in [-0.25, -0.2) is 4.57 Å². The second-order valence-corrected chi connectivity index (χ2v) is 14.6. The molecule has 0 aliphatic carbocycles. The Balaban J connectivity index is 4.31. The Kier molecular flexibility index (Phi) is 37.3. The number of allylic oxidation sites excluding steroid dienone is 12. The molecule has 0 aromatic carbocycles. The van der Waals surface area contributed by atoms with Crippen LogP contribution in [0.2, 0.25) is 0 Å². The zero-order valence-corrected chi connectivity index (χ0v) is 34.1. The third-order valence-corrected chi connectivity index (χ3v) is 9.06. The van der Waals surface area contributed by atoms with Crippen molar-refractivity contribution in [3.8, 4) is 0 Å². The van der Waals surface area contributed by atoms with Gasteiger partial charge in [-0.1, -0.05) is 138 Å². The van der Waals surface area contributed by atoms with Crippen LogP contribution in [0.1, 0.15) is 155 Å². The van der Waals surface area contributed by atoms with Gasteiger partial charge in [-0.05, 0) is 77.0 Å². The monoisotopic (exact) mass is 764 g/mol. The lowest BCUT2D eigenvalue weighted by Gasteiger charge is -2.19. The van der Waals surface area contributed by atoms with Gasteiger partial charge in [-0.15, -0.1) is 0 Å². The predicted octanol–water partition coefficient (Wildman–Crippen LogP) is 11.5. The molecule has 0 saturated carbocycles. The Morgan fingerprint density at radius 2 is 1.06 bits per heavy atom. The molecule has 0 rings (SSSR count). The van der Waals surface area contributed by atoms with Gasteiger partial charge in [0.15, 0.2) is 6.10 Å². The van der Waals surface area contributed by atoms with E-state index in [1.54, 1.807) is 0 Å². The molecular formula is C43H74NO8P. The van der Waals surface area contributed by atoms with Crippen molar-refractivity contribution in [2.75, 3.05) is 26.4 Å². The van der Waals surface area contributed by atoms with Crippen molar-refractivity contribution in [1.82, 2.24) is 0 Å². The Labute approximate surface area is 322 Å². The normalized spacial score (nSPS) is 14.1. The maximum absolute atomic E-state index is 12.5. The molecule has 0 spiro atoms. The molecule has 2 atom stereocenters. The number of rotatable bonds is 37. The topological polar surface area (TPSA) is 134 Å². The molecule has 0 heterocycles. The van der Waals surface area contributed by atoms with Crippen molar-refractivity contribution < 1.29 is 37.6 Å². The van der Waals surface area contributed by atoms with Crippen LogP contribution in [0.25, 0.3) is 0 Å². The van der Waals surface area contributed by atoms with Gasteiger partial charge < -0.3 is 20.1 Å². The summed E-state index contributed by atoms with van der Waals surface area (Å²) in [5.74, 6) is -0.909. The molecule has 0 bridgehead atoms. The van der Waals surface area contributed by atoms with Gasteiger partial charge in [0, 0.05) is 19.4 Å². The number of phosphoric ester groups is 1. The molecule has 0 aliphatic heterocycles. The number of ether oxygens (including phenoxy) is 2. The average molecular weight is 764 g/mol. The standard InChI is InChI=1S/C43H74NO8P/c1-3-5-7-9-11-13-15-17-19-20-22-24-26-28-30-32-34-36-43(46)52-41(40-51-53(47,48)50-38-37-44)39-49-42(45)35-33-31-29-27-25-23-21-18-16-14-12-10-8-6-4-2/h5,7,11,13-14,16-17,19,22,24,28,30,41H,3-4,6,8-10,12,15,18,20-21,23,25-27,29,31-40,44H2,1-2H3,(H,47,48). The van der Waals surface area contributed by atoms with Crippen molar-refractivity contribution in [3.63, 3.8) is 0 Å². The quantitative estimate of drug-likeness (QED) is 0.0274. The van der Waals surface area contributed by atoms with Gasteiger partial charge in [-0.2, -0.15) is 0 Å². The van der Waals surface area contributed by atoms with E-state index in [2.05, 4.69) is 80.7 Å². The summed E-state index contributed by atoms with van der Waals surface area (Å²) in [7, 11) is -4.39. The molecule has 53 heavy (non-hydrogen) atoms. The highest BCUT2D eigenvalue weighted by Crippen LogP contribution is 2.43. The van der Waals surface area contributed by atoms with Gasteiger partial charge in [0.1, 0.15) is 6.61 Å². The summed E-state index contributed by atoms with van der Waals surface area (Å²) in [5, 5.41) is 0. The first kappa shape index (κ1) is 50.5. The minimum absolute atomic E-state index is 0.0404. The summed E-state index contributed by atoms with van der Waals surface area (Å²) in [5.41, 5.74) is 5.33. The van der Waals surface area contributed by atoms with Crippen molar-refractivity contribution in [3.05, 3.63) is 72.9 Å². The number of hydrogen-bond donors (Lipinski definition) is 2. The summed E-state index contributed by atoms with van der Waals surface area (Å²) in [6, 6.07) is 0. The second-order valence-electron chi connectivity index (χ2n) is 13.1. The number of esters is 2. The Morgan fingerprint density at radius 3 is 1.62 bits per heavy atom. The van der Waals surface area contributed by atoms with Crippen LogP contribution in [0.3, 0.4) is 0 Å². The van der Waals surface area contributed by atoms with E-state index >= 15 is 0 Å². The zero-order chi connectivity index (χ0) is 38.9. The highest BCUT2D eigenvalue weighted by molar-refractivity contribution is 7.47. The molecule has 0 fully saturated rings. The highest BCUT2D eigenvalue weighted by atomic mass is 31.2. The van der Waals surface area contributed by atoms with E-state index in [4.69, 9.17) is 24.3 Å². The van der Waals surface area contributed by atoms with Crippen LogP contribution in [-0.4, -0.2) is 49.3 Å². The number of phosphoric acid groups is 1. The van der Waals surface area contributed by atoms with Crippen LogP contribution >= 0.6 is 7.82 Å². The average Bonchev–Trinajstić information content (AvgIpc) is 3.14. The summed E-state index contributed by atoms with van der Waals surface area (Å²) in [6.45, 7) is 3.51. The van der Waals surface area contributed by atoms with E-state index in [0.717, 1.165) is 64.2 Å². The van der Waals surface area contributed by atoms with E-state index < -0.39 is 32.5 Å². The minimum Gasteiger partial charge on any atom is -0.462 e. The van der Waals surface area contributed by atoms with Crippen LogP contribution < -0.4 is 5.73 Å². The number of unbranched alkanes of at least 4 members (excludes halogenated alkanes) is 12. The van der Waals surface area contributed by atoms with Gasteiger partial charge in [-0.3, -0.25) is 18.6 Å². The van der Waals surface area contributed by atoms with Crippen molar-refractivity contribution in [2.45, 2.75) is 161 Å². The van der Waals surface area contributed by atoms with Crippen LogP contribution in [0, 0.1) is 0 Å². The van der Waals surface area contributed by atoms with Gasteiger partial charge in [0.2, 0.25) is 0 Å². The lowest BCUT2D eigenvalue weighted by molar-refractivity contribution is -0.161. The molecule has 9 nitrogen and oxygen atoms in total. The highest BCUT2D eigenvalue weighted by Gasteiger charge is 2.25.